The van der Waals surface area contributed by atoms with Crippen molar-refractivity contribution in [1.29, 1.82) is 0 Å². The Morgan fingerprint density at radius 3 is 2.88 bits per heavy atom. The van der Waals surface area contributed by atoms with Crippen LogP contribution in [-0.2, 0) is 19.5 Å². The van der Waals surface area contributed by atoms with Crippen LogP contribution in [0.4, 0.5) is 0 Å². The zero-order valence-corrected chi connectivity index (χ0v) is 10.3. The fraction of sp³-hybridized carbons (Fsp3) is 0.571. The second-order valence-electron chi connectivity index (χ2n) is 4.92. The Bertz CT molecular complexity index is 345. The summed E-state index contributed by atoms with van der Waals surface area (Å²) < 4.78 is 0. The summed E-state index contributed by atoms with van der Waals surface area (Å²) in [4.78, 5) is 0. The van der Waals surface area contributed by atoms with Crippen molar-refractivity contribution in [3.05, 3.63) is 34.9 Å². The first-order valence-corrected chi connectivity index (χ1v) is 6.30. The van der Waals surface area contributed by atoms with Crippen LogP contribution in [-0.4, -0.2) is 12.6 Å². The molecule has 0 aromatic heterocycles. The van der Waals surface area contributed by atoms with Crippen molar-refractivity contribution in [2.24, 2.45) is 0 Å². The highest BCUT2D eigenvalue weighted by atomic mass is 14.9. The first-order valence-electron chi connectivity index (χ1n) is 6.30. The van der Waals surface area contributed by atoms with Crippen molar-refractivity contribution >= 4 is 0 Å². The minimum absolute atomic E-state index is 0.601. The third-order valence-corrected chi connectivity index (χ3v) is 3.10. The largest absolute Gasteiger partial charge is 0.315 e. The average Bonchev–Trinajstić information content (AvgIpc) is 2.71. The number of benzene rings is 1. The monoisotopic (exact) mass is 218 g/mol. The summed E-state index contributed by atoms with van der Waals surface area (Å²) in [5, 5.41) is 6.84. The van der Waals surface area contributed by atoms with Crippen molar-refractivity contribution in [3.63, 3.8) is 0 Å². The van der Waals surface area contributed by atoms with Gasteiger partial charge in [-0.05, 0) is 36.1 Å². The summed E-state index contributed by atoms with van der Waals surface area (Å²) in [5.41, 5.74) is 4.45. The highest BCUT2D eigenvalue weighted by Gasteiger charge is 2.09. The molecule has 0 fully saturated rings. The molecule has 1 aliphatic heterocycles. The summed E-state index contributed by atoms with van der Waals surface area (Å²) in [7, 11) is 0. The van der Waals surface area contributed by atoms with Crippen LogP contribution in [0.15, 0.2) is 18.2 Å². The Hall–Kier alpha value is -0.860. The van der Waals surface area contributed by atoms with Gasteiger partial charge in [-0.3, -0.25) is 0 Å². The molecule has 2 nitrogen and oxygen atoms in total. The van der Waals surface area contributed by atoms with Crippen LogP contribution in [0.2, 0.25) is 0 Å². The summed E-state index contributed by atoms with van der Waals surface area (Å²) in [6.45, 7) is 7.60. The van der Waals surface area contributed by atoms with Gasteiger partial charge in [0.05, 0.1) is 0 Å². The number of hydrogen-bond donors (Lipinski definition) is 2. The Morgan fingerprint density at radius 2 is 2.06 bits per heavy atom. The van der Waals surface area contributed by atoms with E-state index in [1.165, 1.54) is 29.5 Å². The smallest absolute Gasteiger partial charge is 0.0212 e. The van der Waals surface area contributed by atoms with E-state index in [0.29, 0.717) is 6.04 Å². The standard InChI is InChI=1S/C14H22N2/c1-11(2)16-7-3-4-12-5-6-13-9-15-10-14(13)8-12/h5-6,8,11,15-16H,3-4,7,9-10H2,1-2H3. The van der Waals surface area contributed by atoms with Crippen LogP contribution < -0.4 is 10.6 Å². The number of hydrogen-bond acceptors (Lipinski definition) is 2. The van der Waals surface area contributed by atoms with E-state index in [1.807, 2.05) is 0 Å². The second-order valence-corrected chi connectivity index (χ2v) is 4.92. The van der Waals surface area contributed by atoms with E-state index in [9.17, 15) is 0 Å². The molecular weight excluding hydrogens is 196 g/mol. The van der Waals surface area contributed by atoms with E-state index in [-0.39, 0.29) is 0 Å². The SMILES string of the molecule is CC(C)NCCCc1ccc2c(c1)CNC2. The van der Waals surface area contributed by atoms with Gasteiger partial charge in [0.2, 0.25) is 0 Å². The maximum Gasteiger partial charge on any atom is 0.0212 e. The lowest BCUT2D eigenvalue weighted by Crippen LogP contribution is -2.23. The zero-order chi connectivity index (χ0) is 11.4. The number of nitrogens with one attached hydrogen (secondary N) is 2. The molecular formula is C14H22N2. The molecule has 2 N–H and O–H groups in total. The van der Waals surface area contributed by atoms with Gasteiger partial charge in [0.1, 0.15) is 0 Å². The van der Waals surface area contributed by atoms with Gasteiger partial charge in [0.15, 0.2) is 0 Å². The maximum atomic E-state index is 3.46. The van der Waals surface area contributed by atoms with Crippen LogP contribution in [0.3, 0.4) is 0 Å². The molecule has 1 heterocycles. The zero-order valence-electron chi connectivity index (χ0n) is 10.3. The molecule has 16 heavy (non-hydrogen) atoms. The Labute approximate surface area is 98.4 Å². The van der Waals surface area contributed by atoms with Crippen LogP contribution in [0, 0.1) is 0 Å². The van der Waals surface area contributed by atoms with Crippen LogP contribution in [0.5, 0.6) is 0 Å². The third-order valence-electron chi connectivity index (χ3n) is 3.10. The Kier molecular flexibility index (Phi) is 3.97. The Morgan fingerprint density at radius 1 is 1.25 bits per heavy atom. The second kappa shape index (κ2) is 5.46. The van der Waals surface area contributed by atoms with Gasteiger partial charge in [-0.2, -0.15) is 0 Å². The van der Waals surface area contributed by atoms with Crippen LogP contribution in [0.25, 0.3) is 0 Å². The fourth-order valence-corrected chi connectivity index (χ4v) is 2.19. The molecule has 0 saturated heterocycles. The summed E-state index contributed by atoms with van der Waals surface area (Å²) in [6, 6.07) is 7.52. The first kappa shape index (κ1) is 11.6. The average molecular weight is 218 g/mol. The molecule has 1 aliphatic rings. The van der Waals surface area contributed by atoms with E-state index < -0.39 is 0 Å². The van der Waals surface area contributed by atoms with Gasteiger partial charge in [-0.1, -0.05) is 32.0 Å². The summed E-state index contributed by atoms with van der Waals surface area (Å²) in [6.07, 6.45) is 2.41. The van der Waals surface area contributed by atoms with Crippen LogP contribution >= 0.6 is 0 Å². The van der Waals surface area contributed by atoms with Crippen LogP contribution in [0.1, 0.15) is 37.0 Å². The predicted octanol–water partition coefficient (Wildman–Crippen LogP) is 2.22. The van der Waals surface area contributed by atoms with Gasteiger partial charge in [0.25, 0.3) is 0 Å². The molecule has 0 saturated carbocycles. The molecule has 1 aromatic rings. The number of rotatable bonds is 5. The lowest BCUT2D eigenvalue weighted by Gasteiger charge is -2.08. The van der Waals surface area contributed by atoms with Crippen molar-refractivity contribution in [3.8, 4) is 0 Å². The molecule has 0 atom stereocenters. The third kappa shape index (κ3) is 3.06. The molecule has 88 valence electrons. The van der Waals surface area contributed by atoms with Gasteiger partial charge < -0.3 is 10.6 Å². The molecule has 0 unspecified atom stereocenters. The summed E-state index contributed by atoms with van der Waals surface area (Å²) in [5.74, 6) is 0. The van der Waals surface area contributed by atoms with Gasteiger partial charge in [-0.25, -0.2) is 0 Å². The van der Waals surface area contributed by atoms with Crippen molar-refractivity contribution in [2.75, 3.05) is 6.54 Å². The normalized spacial score (nSPS) is 14.4. The van der Waals surface area contributed by atoms with Crippen molar-refractivity contribution < 1.29 is 0 Å². The van der Waals surface area contributed by atoms with Crippen molar-refractivity contribution in [1.82, 2.24) is 10.6 Å². The number of fused-ring (bicyclic) bond motifs is 1. The highest BCUT2D eigenvalue weighted by molar-refractivity contribution is 5.34. The minimum Gasteiger partial charge on any atom is -0.315 e. The summed E-state index contributed by atoms with van der Waals surface area (Å²) >= 11 is 0. The lowest BCUT2D eigenvalue weighted by molar-refractivity contribution is 0.570. The molecule has 0 radical (unpaired) electrons. The topological polar surface area (TPSA) is 24.1 Å². The quantitative estimate of drug-likeness (QED) is 0.741. The van der Waals surface area contributed by atoms with E-state index in [2.05, 4.69) is 42.7 Å². The van der Waals surface area contributed by atoms with Gasteiger partial charge >= 0.3 is 0 Å². The minimum atomic E-state index is 0.601. The Balaban J connectivity index is 1.81. The molecule has 2 rings (SSSR count). The van der Waals surface area contributed by atoms with Crippen molar-refractivity contribution in [2.45, 2.75) is 45.8 Å². The molecule has 0 amide bonds. The molecule has 0 aliphatic carbocycles. The fourth-order valence-electron chi connectivity index (χ4n) is 2.19. The number of aryl methyl sites for hydroxylation is 1. The molecule has 1 aromatic carbocycles. The molecule has 2 heteroatoms. The van der Waals surface area contributed by atoms with E-state index in [1.54, 1.807) is 0 Å². The van der Waals surface area contributed by atoms with E-state index >= 15 is 0 Å². The van der Waals surface area contributed by atoms with Gasteiger partial charge in [0, 0.05) is 19.1 Å². The van der Waals surface area contributed by atoms with E-state index in [4.69, 9.17) is 0 Å². The molecule has 0 spiro atoms. The first-order chi connectivity index (χ1) is 7.75. The van der Waals surface area contributed by atoms with Gasteiger partial charge in [-0.15, -0.1) is 0 Å². The maximum absolute atomic E-state index is 3.46. The highest BCUT2D eigenvalue weighted by Crippen LogP contribution is 2.17. The van der Waals surface area contributed by atoms with E-state index in [0.717, 1.165) is 19.6 Å². The lowest BCUT2D eigenvalue weighted by atomic mass is 10.0. The molecule has 0 bridgehead atoms. The predicted molar refractivity (Wildman–Crippen MR) is 68.4 cm³/mol.